The van der Waals surface area contributed by atoms with Gasteiger partial charge in [0.25, 0.3) is 0 Å². The van der Waals surface area contributed by atoms with Crippen LogP contribution in [0.3, 0.4) is 0 Å². The Bertz CT molecular complexity index is 135. The van der Waals surface area contributed by atoms with Crippen LogP contribution in [0.15, 0.2) is 0 Å². The van der Waals surface area contributed by atoms with Crippen LogP contribution in [0, 0.1) is 34.5 Å². The molecule has 0 fully saturated rings. The smallest absolute Gasteiger partial charge is 0.135 e. The van der Waals surface area contributed by atoms with Gasteiger partial charge in [0.2, 0.25) is 0 Å². The Morgan fingerprint density at radius 2 is 1.78 bits per heavy atom. The molecule has 1 atom stereocenters. The molecular weight excluding hydrogens is 112 g/mol. The lowest BCUT2D eigenvalue weighted by molar-refractivity contribution is 0.499. The molecule has 0 aliphatic heterocycles. The summed E-state index contributed by atoms with van der Waals surface area (Å²) in [6, 6.07) is 3.88. The molecule has 1 unspecified atom stereocenters. The van der Waals surface area contributed by atoms with Gasteiger partial charge < -0.3 is 0 Å². The van der Waals surface area contributed by atoms with E-state index < -0.39 is 5.92 Å². The topological polar surface area (TPSA) is 47.6 Å². The van der Waals surface area contributed by atoms with Crippen LogP contribution in [0.5, 0.6) is 0 Å². The van der Waals surface area contributed by atoms with Gasteiger partial charge in [-0.25, -0.2) is 0 Å². The van der Waals surface area contributed by atoms with E-state index in [1.807, 2.05) is 26.0 Å². The maximum atomic E-state index is 8.36. The van der Waals surface area contributed by atoms with E-state index in [0.29, 0.717) is 0 Å². The summed E-state index contributed by atoms with van der Waals surface area (Å²) in [5.74, 6) is -0.213. The lowest BCUT2D eigenvalue weighted by atomic mass is 9.95. The third-order valence-electron chi connectivity index (χ3n) is 1.49. The Kier molecular flexibility index (Phi) is 3.48. The zero-order chi connectivity index (χ0) is 7.28. The molecule has 0 bridgehead atoms. The van der Waals surface area contributed by atoms with Crippen molar-refractivity contribution in [2.24, 2.45) is 11.8 Å². The van der Waals surface area contributed by atoms with E-state index in [-0.39, 0.29) is 5.92 Å². The highest BCUT2D eigenvalue weighted by molar-refractivity contribution is 5.00. The minimum Gasteiger partial charge on any atom is -0.197 e. The van der Waals surface area contributed by atoms with Gasteiger partial charge in [-0.05, 0) is 5.92 Å². The van der Waals surface area contributed by atoms with Gasteiger partial charge >= 0.3 is 0 Å². The quantitative estimate of drug-likeness (QED) is 0.559. The molecule has 0 rings (SSSR count). The molecule has 0 aliphatic rings. The maximum absolute atomic E-state index is 8.36. The van der Waals surface area contributed by atoms with Crippen molar-refractivity contribution in [3.63, 3.8) is 0 Å². The molecule has 0 spiro atoms. The normalized spacial score (nSPS) is 12.1. The number of nitriles is 2. The van der Waals surface area contributed by atoms with E-state index in [1.54, 1.807) is 0 Å². The Balaban J connectivity index is 3.87. The third kappa shape index (κ3) is 2.15. The van der Waals surface area contributed by atoms with Crippen LogP contribution >= 0.6 is 0 Å². The average Bonchev–Trinajstić information content (AvgIpc) is 1.90. The fraction of sp³-hybridized carbons (Fsp3) is 0.714. The summed E-state index contributed by atoms with van der Waals surface area (Å²) >= 11 is 0. The monoisotopic (exact) mass is 122 g/mol. The zero-order valence-corrected chi connectivity index (χ0v) is 5.76. The molecule has 48 valence electrons. The second kappa shape index (κ2) is 3.92. The first kappa shape index (κ1) is 7.98. The first-order valence-electron chi connectivity index (χ1n) is 3.05. The van der Waals surface area contributed by atoms with Gasteiger partial charge in [0.1, 0.15) is 5.92 Å². The number of nitrogens with zero attached hydrogens (tertiary/aromatic N) is 2. The van der Waals surface area contributed by atoms with Crippen molar-refractivity contribution in [2.45, 2.75) is 20.3 Å². The van der Waals surface area contributed by atoms with Crippen molar-refractivity contribution in [3.8, 4) is 12.1 Å². The molecule has 0 N–H and O–H groups in total. The lowest BCUT2D eigenvalue weighted by Gasteiger charge is -2.05. The van der Waals surface area contributed by atoms with Crippen molar-refractivity contribution >= 4 is 0 Å². The van der Waals surface area contributed by atoms with Crippen LogP contribution < -0.4 is 0 Å². The minimum atomic E-state index is -0.421. The molecule has 0 aromatic carbocycles. The lowest BCUT2D eigenvalue weighted by Crippen LogP contribution is -2.05. The predicted molar refractivity (Wildman–Crippen MR) is 34.2 cm³/mol. The highest BCUT2D eigenvalue weighted by Gasteiger charge is 2.12. The minimum absolute atomic E-state index is 0.208. The molecule has 9 heavy (non-hydrogen) atoms. The van der Waals surface area contributed by atoms with Crippen LogP contribution in [0.4, 0.5) is 0 Å². The number of hydrogen-bond donors (Lipinski definition) is 0. The molecule has 0 aromatic rings. The van der Waals surface area contributed by atoms with E-state index >= 15 is 0 Å². The molecule has 0 aliphatic carbocycles. The SMILES string of the molecule is CCC(C)C(C#N)C#N. The van der Waals surface area contributed by atoms with Crippen molar-refractivity contribution in [2.75, 3.05) is 0 Å². The molecule has 2 nitrogen and oxygen atoms in total. The summed E-state index contributed by atoms with van der Waals surface area (Å²) in [4.78, 5) is 0. The fourth-order valence-electron chi connectivity index (χ4n) is 0.519. The highest BCUT2D eigenvalue weighted by Crippen LogP contribution is 2.12. The average molecular weight is 122 g/mol. The van der Waals surface area contributed by atoms with Crippen LogP contribution in [0.1, 0.15) is 20.3 Å². The Morgan fingerprint density at radius 3 is 1.89 bits per heavy atom. The molecule has 0 saturated heterocycles. The molecule has 0 heterocycles. The summed E-state index contributed by atoms with van der Waals surface area (Å²) in [6.45, 7) is 3.89. The first-order valence-corrected chi connectivity index (χ1v) is 3.05. The van der Waals surface area contributed by atoms with Gasteiger partial charge in [-0.2, -0.15) is 10.5 Å². The van der Waals surface area contributed by atoms with E-state index in [0.717, 1.165) is 6.42 Å². The molecule has 0 saturated carbocycles. The predicted octanol–water partition coefficient (Wildman–Crippen LogP) is 1.70. The van der Waals surface area contributed by atoms with Crippen LogP contribution in [-0.4, -0.2) is 0 Å². The highest BCUT2D eigenvalue weighted by atomic mass is 14.3. The van der Waals surface area contributed by atoms with E-state index in [9.17, 15) is 0 Å². The number of hydrogen-bond acceptors (Lipinski definition) is 2. The molecule has 2 heteroatoms. The van der Waals surface area contributed by atoms with Crippen LogP contribution in [0.2, 0.25) is 0 Å². The van der Waals surface area contributed by atoms with Gasteiger partial charge in [-0.1, -0.05) is 20.3 Å². The second-order valence-electron chi connectivity index (χ2n) is 2.12. The van der Waals surface area contributed by atoms with Gasteiger partial charge in [0, 0.05) is 0 Å². The summed E-state index contributed by atoms with van der Waals surface area (Å²) in [6.07, 6.45) is 0.895. The molecule has 0 aromatic heterocycles. The van der Waals surface area contributed by atoms with Crippen molar-refractivity contribution in [1.82, 2.24) is 0 Å². The molecule has 0 amide bonds. The summed E-state index contributed by atoms with van der Waals surface area (Å²) in [7, 11) is 0. The van der Waals surface area contributed by atoms with E-state index in [1.165, 1.54) is 0 Å². The second-order valence-corrected chi connectivity index (χ2v) is 2.12. The summed E-state index contributed by atoms with van der Waals surface area (Å²) in [5, 5.41) is 16.7. The fourth-order valence-corrected chi connectivity index (χ4v) is 0.519. The van der Waals surface area contributed by atoms with Crippen molar-refractivity contribution < 1.29 is 0 Å². The molecule has 0 radical (unpaired) electrons. The van der Waals surface area contributed by atoms with E-state index in [4.69, 9.17) is 10.5 Å². The largest absolute Gasteiger partial charge is 0.197 e. The third-order valence-corrected chi connectivity index (χ3v) is 1.49. The molecular formula is C7H10N2. The van der Waals surface area contributed by atoms with Crippen molar-refractivity contribution in [3.05, 3.63) is 0 Å². The van der Waals surface area contributed by atoms with Gasteiger partial charge in [-0.15, -0.1) is 0 Å². The van der Waals surface area contributed by atoms with Gasteiger partial charge in [-0.3, -0.25) is 0 Å². The Hall–Kier alpha value is -1.02. The van der Waals surface area contributed by atoms with Crippen LogP contribution in [-0.2, 0) is 0 Å². The summed E-state index contributed by atoms with van der Waals surface area (Å²) in [5.41, 5.74) is 0. The van der Waals surface area contributed by atoms with Crippen molar-refractivity contribution in [1.29, 1.82) is 10.5 Å². The first-order chi connectivity index (χ1) is 4.26. The maximum Gasteiger partial charge on any atom is 0.135 e. The number of rotatable bonds is 2. The van der Waals surface area contributed by atoms with Crippen LogP contribution in [0.25, 0.3) is 0 Å². The summed E-state index contributed by atoms with van der Waals surface area (Å²) < 4.78 is 0. The van der Waals surface area contributed by atoms with Gasteiger partial charge in [0.15, 0.2) is 0 Å². The standard InChI is InChI=1S/C7H10N2/c1-3-6(2)7(4-8)5-9/h6-7H,3H2,1-2H3. The zero-order valence-electron chi connectivity index (χ0n) is 5.76. The van der Waals surface area contributed by atoms with E-state index in [2.05, 4.69) is 0 Å². The Labute approximate surface area is 55.7 Å². The Morgan fingerprint density at radius 1 is 1.33 bits per heavy atom. The van der Waals surface area contributed by atoms with Gasteiger partial charge in [0.05, 0.1) is 12.1 Å².